The number of fused-ring (bicyclic) bond motifs is 3. The van der Waals surface area contributed by atoms with Gasteiger partial charge in [0.25, 0.3) is 0 Å². The van der Waals surface area contributed by atoms with Crippen molar-refractivity contribution in [2.24, 2.45) is 0 Å². The Bertz CT molecular complexity index is 943. The number of aliphatic hydroxyl groups is 1. The topological polar surface area (TPSA) is 28.4 Å². The van der Waals surface area contributed by atoms with Gasteiger partial charge in [0.05, 0.1) is 6.54 Å². The lowest BCUT2D eigenvalue weighted by Crippen LogP contribution is -2.36. The quantitative estimate of drug-likeness (QED) is 0.770. The Morgan fingerprint density at radius 2 is 1.85 bits per heavy atom. The number of hydrogen-bond acceptors (Lipinski definition) is 2. The third kappa shape index (κ3) is 2.83. The summed E-state index contributed by atoms with van der Waals surface area (Å²) in [5.74, 6) is -0.287. The van der Waals surface area contributed by atoms with Gasteiger partial charge in [-0.25, -0.2) is 4.39 Å². The molecule has 26 heavy (non-hydrogen) atoms. The van der Waals surface area contributed by atoms with Crippen LogP contribution in [0.3, 0.4) is 0 Å². The minimum Gasteiger partial charge on any atom is -0.384 e. The molecule has 0 spiro atoms. The highest BCUT2D eigenvalue weighted by molar-refractivity contribution is 5.86. The van der Waals surface area contributed by atoms with Gasteiger partial charge in [-0.05, 0) is 50.2 Å². The first-order chi connectivity index (χ1) is 12.4. The second kappa shape index (κ2) is 6.22. The zero-order valence-electron chi connectivity index (χ0n) is 15.5. The average molecular weight is 352 g/mol. The molecular weight excluding hydrogens is 327 g/mol. The van der Waals surface area contributed by atoms with Crippen LogP contribution in [0.15, 0.2) is 48.5 Å². The summed E-state index contributed by atoms with van der Waals surface area (Å²) in [5, 5.41) is 12.4. The van der Waals surface area contributed by atoms with E-state index in [4.69, 9.17) is 0 Å². The van der Waals surface area contributed by atoms with Crippen LogP contribution < -0.4 is 0 Å². The van der Waals surface area contributed by atoms with E-state index in [1.165, 1.54) is 28.8 Å². The number of hydrogen-bond donors (Lipinski definition) is 1. The van der Waals surface area contributed by atoms with Crippen LogP contribution in [0, 0.1) is 5.82 Å². The molecule has 4 heteroatoms. The summed E-state index contributed by atoms with van der Waals surface area (Å²) in [6, 6.07) is 15.0. The fraction of sp³-hybridized carbons (Fsp3) is 0.364. The molecule has 2 heterocycles. The molecule has 1 aliphatic heterocycles. The summed E-state index contributed by atoms with van der Waals surface area (Å²) in [6.07, 6.45) is 0.958. The number of likely N-dealkylation sites (N-methyl/N-ethyl adjacent to an activating group) is 1. The minimum atomic E-state index is -1.07. The predicted octanol–water partition coefficient (Wildman–Crippen LogP) is 4.06. The highest BCUT2D eigenvalue weighted by atomic mass is 19.1. The molecule has 1 aromatic heterocycles. The van der Waals surface area contributed by atoms with E-state index >= 15 is 0 Å². The smallest absolute Gasteiger partial charge is 0.123 e. The van der Waals surface area contributed by atoms with E-state index in [0.29, 0.717) is 12.6 Å². The summed E-state index contributed by atoms with van der Waals surface area (Å²) in [6.45, 7) is 5.41. The first kappa shape index (κ1) is 17.3. The number of halogens is 1. The number of para-hydroxylation sites is 1. The zero-order chi connectivity index (χ0) is 18.5. The number of rotatable bonds is 3. The van der Waals surface area contributed by atoms with Crippen LogP contribution in [0.5, 0.6) is 0 Å². The van der Waals surface area contributed by atoms with Gasteiger partial charge in [-0.1, -0.05) is 30.3 Å². The van der Waals surface area contributed by atoms with Crippen LogP contribution in [0.2, 0.25) is 0 Å². The van der Waals surface area contributed by atoms with Crippen LogP contribution in [-0.4, -0.2) is 27.7 Å². The molecule has 0 saturated carbocycles. The first-order valence-electron chi connectivity index (χ1n) is 9.14. The van der Waals surface area contributed by atoms with E-state index < -0.39 is 5.60 Å². The largest absolute Gasteiger partial charge is 0.384 e. The summed E-state index contributed by atoms with van der Waals surface area (Å²) in [5.41, 5.74) is 3.47. The van der Waals surface area contributed by atoms with Crippen molar-refractivity contribution in [3.05, 3.63) is 71.2 Å². The van der Waals surface area contributed by atoms with Crippen molar-refractivity contribution in [3.8, 4) is 0 Å². The van der Waals surface area contributed by atoms with Gasteiger partial charge >= 0.3 is 0 Å². The van der Waals surface area contributed by atoms with Crippen molar-refractivity contribution in [3.63, 3.8) is 0 Å². The van der Waals surface area contributed by atoms with Crippen LogP contribution >= 0.6 is 0 Å². The molecule has 0 amide bonds. The summed E-state index contributed by atoms with van der Waals surface area (Å²) >= 11 is 0. The second-order valence-electron chi connectivity index (χ2n) is 7.78. The predicted molar refractivity (Wildman–Crippen MR) is 103 cm³/mol. The van der Waals surface area contributed by atoms with Gasteiger partial charge in [-0.2, -0.15) is 0 Å². The molecule has 2 aromatic carbocycles. The third-order valence-electron chi connectivity index (χ3n) is 5.77. The SMILES string of the molecule is CC1Cc2c(c3ccccc3n2CC(C)(O)c2ccc(F)cc2)CN1C. The Hall–Kier alpha value is -2.17. The fourth-order valence-electron chi connectivity index (χ4n) is 4.07. The van der Waals surface area contributed by atoms with Crippen molar-refractivity contribution in [1.82, 2.24) is 9.47 Å². The molecule has 3 aromatic rings. The van der Waals surface area contributed by atoms with E-state index in [0.717, 1.165) is 24.0 Å². The maximum Gasteiger partial charge on any atom is 0.123 e. The van der Waals surface area contributed by atoms with Crippen LogP contribution in [0.4, 0.5) is 4.39 Å². The molecule has 0 fully saturated rings. The molecule has 4 rings (SSSR count). The van der Waals surface area contributed by atoms with Gasteiger partial charge in [0, 0.05) is 35.6 Å². The number of aromatic nitrogens is 1. The Morgan fingerprint density at radius 3 is 2.58 bits per heavy atom. The van der Waals surface area contributed by atoms with Gasteiger partial charge in [-0.15, -0.1) is 0 Å². The van der Waals surface area contributed by atoms with E-state index in [2.05, 4.69) is 41.6 Å². The Balaban J connectivity index is 1.81. The van der Waals surface area contributed by atoms with Crippen molar-refractivity contribution in [2.45, 2.75) is 45.0 Å². The summed E-state index contributed by atoms with van der Waals surface area (Å²) in [7, 11) is 2.16. The molecule has 2 unspecified atom stereocenters. The highest BCUT2D eigenvalue weighted by Crippen LogP contribution is 2.35. The lowest BCUT2D eigenvalue weighted by molar-refractivity contribution is 0.0381. The van der Waals surface area contributed by atoms with Crippen molar-refractivity contribution in [1.29, 1.82) is 0 Å². The van der Waals surface area contributed by atoms with Gasteiger partial charge in [0.2, 0.25) is 0 Å². The van der Waals surface area contributed by atoms with Gasteiger partial charge in [-0.3, -0.25) is 4.90 Å². The maximum absolute atomic E-state index is 13.3. The van der Waals surface area contributed by atoms with Gasteiger partial charge in [0.1, 0.15) is 11.4 Å². The van der Waals surface area contributed by atoms with Crippen molar-refractivity contribution >= 4 is 10.9 Å². The van der Waals surface area contributed by atoms with Crippen LogP contribution in [0.1, 0.15) is 30.7 Å². The lowest BCUT2D eigenvalue weighted by atomic mass is 9.95. The summed E-state index contributed by atoms with van der Waals surface area (Å²) < 4.78 is 15.5. The average Bonchev–Trinajstić information content (AvgIpc) is 2.89. The van der Waals surface area contributed by atoms with Gasteiger partial charge in [0.15, 0.2) is 0 Å². The molecular formula is C22H25FN2O. The Morgan fingerprint density at radius 1 is 1.15 bits per heavy atom. The molecule has 3 nitrogen and oxygen atoms in total. The zero-order valence-corrected chi connectivity index (χ0v) is 15.5. The van der Waals surface area contributed by atoms with Gasteiger partial charge < -0.3 is 9.67 Å². The van der Waals surface area contributed by atoms with Crippen LogP contribution in [-0.2, 0) is 25.1 Å². The number of benzene rings is 2. The first-order valence-corrected chi connectivity index (χ1v) is 9.14. The third-order valence-corrected chi connectivity index (χ3v) is 5.77. The molecule has 136 valence electrons. The molecule has 2 atom stereocenters. The van der Waals surface area contributed by atoms with E-state index in [1.54, 1.807) is 19.1 Å². The van der Waals surface area contributed by atoms with E-state index in [1.807, 2.05) is 6.07 Å². The Labute approximate surface area is 153 Å². The maximum atomic E-state index is 13.3. The fourth-order valence-corrected chi connectivity index (χ4v) is 4.07. The molecule has 0 bridgehead atoms. The van der Waals surface area contributed by atoms with E-state index in [-0.39, 0.29) is 5.82 Å². The normalized spacial score (nSPS) is 20.1. The standard InChI is InChI=1S/C22H25FN2O/c1-15-12-21-19(13-24(15)3)18-6-4-5-7-20(18)25(21)14-22(2,26)16-8-10-17(23)11-9-16/h4-11,15,26H,12-14H2,1-3H3. The molecule has 0 radical (unpaired) electrons. The second-order valence-corrected chi connectivity index (χ2v) is 7.78. The molecule has 0 aliphatic carbocycles. The van der Waals surface area contributed by atoms with Crippen molar-refractivity contribution < 1.29 is 9.50 Å². The Kier molecular flexibility index (Phi) is 4.13. The van der Waals surface area contributed by atoms with Crippen LogP contribution in [0.25, 0.3) is 10.9 Å². The minimum absolute atomic E-state index is 0.287. The van der Waals surface area contributed by atoms with E-state index in [9.17, 15) is 9.50 Å². The highest BCUT2D eigenvalue weighted by Gasteiger charge is 2.30. The molecule has 1 aliphatic rings. The molecule has 0 saturated heterocycles. The van der Waals surface area contributed by atoms with Crippen molar-refractivity contribution in [2.75, 3.05) is 7.05 Å². The molecule has 1 N–H and O–H groups in total. The number of nitrogens with zero attached hydrogens (tertiary/aromatic N) is 2. The lowest BCUT2D eigenvalue weighted by Gasteiger charge is -2.32. The monoisotopic (exact) mass is 352 g/mol. The summed E-state index contributed by atoms with van der Waals surface area (Å²) in [4.78, 5) is 2.37.